The lowest BCUT2D eigenvalue weighted by molar-refractivity contribution is 0.0879. The van der Waals surface area contributed by atoms with Crippen molar-refractivity contribution in [3.63, 3.8) is 0 Å². The molecule has 1 nitrogen and oxygen atoms in total. The number of hydrogen-bond acceptors (Lipinski definition) is 1. The third-order valence-corrected chi connectivity index (χ3v) is 3.89. The molecule has 0 saturated heterocycles. The number of benzene rings is 2. The van der Waals surface area contributed by atoms with Crippen LogP contribution in [0, 0.1) is 0 Å². The normalized spacial score (nSPS) is 13.4. The Kier molecular flexibility index (Phi) is 4.52. The summed E-state index contributed by atoms with van der Waals surface area (Å²) in [6, 6.07) is 19.5. The van der Waals surface area contributed by atoms with Crippen molar-refractivity contribution in [2.75, 3.05) is 0 Å². The molecule has 0 unspecified atom stereocenters. The number of ketones is 1. The highest BCUT2D eigenvalue weighted by Gasteiger charge is 2.37. The summed E-state index contributed by atoms with van der Waals surface area (Å²) in [6.45, 7) is 5.91. The van der Waals surface area contributed by atoms with Gasteiger partial charge in [-0.3, -0.25) is 4.79 Å². The van der Waals surface area contributed by atoms with E-state index in [-0.39, 0.29) is 5.78 Å². The molecular weight excluding hydrogens is 244 g/mol. The van der Waals surface area contributed by atoms with Gasteiger partial charge >= 0.3 is 0 Å². The van der Waals surface area contributed by atoms with E-state index in [1.54, 1.807) is 0 Å². The van der Waals surface area contributed by atoms with Crippen molar-refractivity contribution < 1.29 is 4.79 Å². The fourth-order valence-electron chi connectivity index (χ4n) is 2.72. The van der Waals surface area contributed by atoms with E-state index in [0.29, 0.717) is 6.42 Å². The average molecular weight is 264 g/mol. The van der Waals surface area contributed by atoms with Crippen LogP contribution in [0.4, 0.5) is 0 Å². The van der Waals surface area contributed by atoms with Gasteiger partial charge < -0.3 is 0 Å². The topological polar surface area (TPSA) is 17.1 Å². The molecule has 0 saturated carbocycles. The third-order valence-electron chi connectivity index (χ3n) is 3.89. The number of allylic oxidation sites excluding steroid dienone is 1. The van der Waals surface area contributed by atoms with Gasteiger partial charge in [-0.2, -0.15) is 0 Å². The first kappa shape index (κ1) is 14.3. The molecule has 0 N–H and O–H groups in total. The summed E-state index contributed by atoms with van der Waals surface area (Å²) in [5.74, 6) is 0.173. The summed E-state index contributed by atoms with van der Waals surface area (Å²) < 4.78 is 0. The minimum atomic E-state index is -0.510. The Morgan fingerprint density at radius 2 is 1.60 bits per heavy atom. The smallest absolute Gasteiger partial charge is 0.173 e. The van der Waals surface area contributed by atoms with E-state index >= 15 is 0 Å². The van der Waals surface area contributed by atoms with Crippen LogP contribution in [0.1, 0.15) is 35.7 Å². The highest BCUT2D eigenvalue weighted by atomic mass is 16.1. The fourth-order valence-corrected chi connectivity index (χ4v) is 2.72. The molecule has 20 heavy (non-hydrogen) atoms. The Balaban J connectivity index is 2.52. The molecule has 0 aliphatic rings. The molecule has 0 fully saturated rings. The molecule has 2 rings (SSSR count). The molecule has 1 atom stereocenters. The lowest BCUT2D eigenvalue weighted by Gasteiger charge is -2.31. The van der Waals surface area contributed by atoms with Gasteiger partial charge in [0.15, 0.2) is 5.78 Å². The van der Waals surface area contributed by atoms with E-state index in [9.17, 15) is 4.79 Å². The standard InChI is InChI=1S/C19H20O/c1-3-15-19(4-2,17-13-9-6-10-14-17)18(20)16-11-7-5-8-12-16/h3,5-14H,1,4,15H2,2H3/t19-/m1/s1. The molecule has 0 aliphatic heterocycles. The van der Waals surface area contributed by atoms with E-state index < -0.39 is 5.41 Å². The van der Waals surface area contributed by atoms with Crippen LogP contribution in [0.25, 0.3) is 0 Å². The van der Waals surface area contributed by atoms with Crippen LogP contribution in [0.5, 0.6) is 0 Å². The van der Waals surface area contributed by atoms with Crippen molar-refractivity contribution in [3.05, 3.63) is 84.4 Å². The lowest BCUT2D eigenvalue weighted by atomic mass is 9.70. The Morgan fingerprint density at radius 3 is 2.10 bits per heavy atom. The van der Waals surface area contributed by atoms with Crippen molar-refractivity contribution in [3.8, 4) is 0 Å². The largest absolute Gasteiger partial charge is 0.293 e. The predicted octanol–water partition coefficient (Wildman–Crippen LogP) is 4.79. The van der Waals surface area contributed by atoms with Gasteiger partial charge in [-0.15, -0.1) is 6.58 Å². The molecule has 0 aliphatic carbocycles. The van der Waals surface area contributed by atoms with Crippen molar-refractivity contribution >= 4 is 5.78 Å². The van der Waals surface area contributed by atoms with Crippen LogP contribution < -0.4 is 0 Å². The second-order valence-electron chi connectivity index (χ2n) is 4.99. The van der Waals surface area contributed by atoms with Crippen LogP contribution >= 0.6 is 0 Å². The van der Waals surface area contributed by atoms with Gasteiger partial charge in [0.05, 0.1) is 5.41 Å². The third kappa shape index (κ3) is 2.57. The predicted molar refractivity (Wildman–Crippen MR) is 84.0 cm³/mol. The molecule has 2 aromatic rings. The summed E-state index contributed by atoms with van der Waals surface area (Å²) in [5, 5.41) is 0. The maximum absolute atomic E-state index is 13.0. The highest BCUT2D eigenvalue weighted by molar-refractivity contribution is 6.04. The first-order valence-electron chi connectivity index (χ1n) is 7.01. The van der Waals surface area contributed by atoms with Crippen LogP contribution in [0.2, 0.25) is 0 Å². The molecule has 0 radical (unpaired) electrons. The van der Waals surface area contributed by atoms with Gasteiger partial charge in [0, 0.05) is 5.56 Å². The molecule has 1 heteroatoms. The van der Waals surface area contributed by atoms with Crippen LogP contribution in [-0.4, -0.2) is 5.78 Å². The molecular formula is C19H20O. The number of carbonyl (C=O) groups excluding carboxylic acids is 1. The lowest BCUT2D eigenvalue weighted by Crippen LogP contribution is -2.35. The number of carbonyl (C=O) groups is 1. The van der Waals surface area contributed by atoms with E-state index in [4.69, 9.17) is 0 Å². The summed E-state index contributed by atoms with van der Waals surface area (Å²) in [7, 11) is 0. The SMILES string of the molecule is C=CC[C@@](CC)(C(=O)c1ccccc1)c1ccccc1. The molecule has 102 valence electrons. The first-order valence-corrected chi connectivity index (χ1v) is 7.01. The molecule has 0 spiro atoms. The van der Waals surface area contributed by atoms with Gasteiger partial charge in [0.2, 0.25) is 0 Å². The minimum Gasteiger partial charge on any atom is -0.293 e. The van der Waals surface area contributed by atoms with Crippen LogP contribution in [0.3, 0.4) is 0 Å². The second-order valence-corrected chi connectivity index (χ2v) is 4.99. The van der Waals surface area contributed by atoms with Crippen LogP contribution in [0.15, 0.2) is 73.3 Å². The molecule has 0 heterocycles. The summed E-state index contributed by atoms with van der Waals surface area (Å²) >= 11 is 0. The van der Waals surface area contributed by atoms with Gasteiger partial charge in [0.1, 0.15) is 0 Å². The fraction of sp³-hybridized carbons (Fsp3) is 0.211. The van der Waals surface area contributed by atoms with Crippen molar-refractivity contribution in [1.29, 1.82) is 0 Å². The van der Waals surface area contributed by atoms with Gasteiger partial charge in [-0.05, 0) is 18.4 Å². The van der Waals surface area contributed by atoms with E-state index in [2.05, 4.69) is 13.5 Å². The minimum absolute atomic E-state index is 0.173. The average Bonchev–Trinajstić information content (AvgIpc) is 2.54. The molecule has 0 aromatic heterocycles. The Labute approximate surface area is 121 Å². The zero-order valence-electron chi connectivity index (χ0n) is 11.9. The first-order chi connectivity index (χ1) is 9.74. The molecule has 2 aromatic carbocycles. The molecule has 0 amide bonds. The van der Waals surface area contributed by atoms with Crippen LogP contribution in [-0.2, 0) is 5.41 Å². The quantitative estimate of drug-likeness (QED) is 0.541. The number of Topliss-reactive ketones (excluding diaryl/α,β-unsaturated/α-hetero) is 1. The highest BCUT2D eigenvalue weighted by Crippen LogP contribution is 2.35. The Hall–Kier alpha value is -2.15. The monoisotopic (exact) mass is 264 g/mol. The maximum Gasteiger partial charge on any atom is 0.173 e. The van der Waals surface area contributed by atoms with Crippen molar-refractivity contribution in [2.45, 2.75) is 25.2 Å². The van der Waals surface area contributed by atoms with Gasteiger partial charge in [-0.25, -0.2) is 0 Å². The molecule has 0 bridgehead atoms. The number of rotatable bonds is 6. The number of hydrogen-bond donors (Lipinski definition) is 0. The van der Waals surface area contributed by atoms with Crippen molar-refractivity contribution in [2.24, 2.45) is 0 Å². The Morgan fingerprint density at radius 1 is 1.05 bits per heavy atom. The Bertz CT molecular complexity index is 571. The summed E-state index contributed by atoms with van der Waals surface area (Å²) in [4.78, 5) is 13.0. The van der Waals surface area contributed by atoms with Gasteiger partial charge in [-0.1, -0.05) is 73.7 Å². The maximum atomic E-state index is 13.0. The summed E-state index contributed by atoms with van der Waals surface area (Å²) in [5.41, 5.74) is 1.32. The van der Waals surface area contributed by atoms with E-state index in [1.165, 1.54) is 0 Å². The zero-order valence-corrected chi connectivity index (χ0v) is 11.9. The van der Waals surface area contributed by atoms with Gasteiger partial charge in [0.25, 0.3) is 0 Å². The van der Waals surface area contributed by atoms with E-state index in [1.807, 2.05) is 66.7 Å². The summed E-state index contributed by atoms with van der Waals surface area (Å²) in [6.07, 6.45) is 3.26. The second kappa shape index (κ2) is 6.33. The van der Waals surface area contributed by atoms with E-state index in [0.717, 1.165) is 17.5 Å². The zero-order chi connectivity index (χ0) is 14.4. The van der Waals surface area contributed by atoms with Crippen molar-refractivity contribution in [1.82, 2.24) is 0 Å².